The van der Waals surface area contributed by atoms with Gasteiger partial charge in [-0.25, -0.2) is 4.98 Å². The molecule has 24 heavy (non-hydrogen) atoms. The summed E-state index contributed by atoms with van der Waals surface area (Å²) in [6, 6.07) is 15.8. The number of benzene rings is 2. The van der Waals surface area contributed by atoms with E-state index in [2.05, 4.69) is 32.0 Å². The number of imidazole rings is 1. The average molecular weight is 378 g/mol. The van der Waals surface area contributed by atoms with Gasteiger partial charge in [0.15, 0.2) is 0 Å². The number of allylic oxidation sites excluding steroid dienone is 1. The predicted octanol–water partition coefficient (Wildman–Crippen LogP) is 4.71. The summed E-state index contributed by atoms with van der Waals surface area (Å²) < 4.78 is 6.75. The Bertz CT molecular complexity index is 1010. The Balaban J connectivity index is 1.74. The number of hydrogen-bond donors (Lipinski definition) is 1. The van der Waals surface area contributed by atoms with Gasteiger partial charge in [0.05, 0.1) is 16.6 Å². The summed E-state index contributed by atoms with van der Waals surface area (Å²) in [4.78, 5) is 7.67. The first-order valence-electron chi connectivity index (χ1n) is 7.43. The van der Waals surface area contributed by atoms with Crippen LogP contribution in [0.15, 0.2) is 58.6 Å². The van der Waals surface area contributed by atoms with E-state index in [0.717, 1.165) is 32.4 Å². The molecular weight excluding hydrogens is 366 g/mol. The maximum atomic E-state index is 9.52. The summed E-state index contributed by atoms with van der Waals surface area (Å²) in [5.41, 5.74) is 4.16. The van der Waals surface area contributed by atoms with Crippen molar-refractivity contribution >= 4 is 38.6 Å². The van der Waals surface area contributed by atoms with Crippen LogP contribution in [0.3, 0.4) is 0 Å². The Kier molecular flexibility index (Phi) is 3.68. The number of para-hydroxylation sites is 2. The lowest BCUT2D eigenvalue weighted by atomic mass is 10.1. The molecular formula is C19H12BrN3O. The molecule has 0 atom stereocenters. The van der Waals surface area contributed by atoms with Crippen LogP contribution in [0.1, 0.15) is 11.4 Å². The highest BCUT2D eigenvalue weighted by Crippen LogP contribution is 2.30. The molecule has 4 rings (SSSR count). The van der Waals surface area contributed by atoms with Gasteiger partial charge in [0.2, 0.25) is 0 Å². The van der Waals surface area contributed by atoms with E-state index in [1.165, 1.54) is 0 Å². The standard InChI is InChI=1S/C19H12BrN3O/c20-15-5-6-18-13(9-15)7-12(11-24-18)8-14(10-21)19-22-16-3-1-2-4-17(16)23-19/h1-9H,11H2,(H,22,23)/b14-8-. The van der Waals surface area contributed by atoms with Crippen LogP contribution in [0.5, 0.6) is 5.75 Å². The molecule has 2 aromatic carbocycles. The minimum atomic E-state index is 0.431. The largest absolute Gasteiger partial charge is 0.488 e. The molecule has 0 fully saturated rings. The van der Waals surface area contributed by atoms with Gasteiger partial charge in [0.1, 0.15) is 24.3 Å². The molecule has 1 N–H and O–H groups in total. The molecule has 0 radical (unpaired) electrons. The van der Waals surface area contributed by atoms with Gasteiger partial charge < -0.3 is 9.72 Å². The van der Waals surface area contributed by atoms with E-state index in [4.69, 9.17) is 4.74 Å². The lowest BCUT2D eigenvalue weighted by molar-refractivity contribution is 0.351. The second-order valence-corrected chi connectivity index (χ2v) is 6.38. The molecule has 3 aromatic rings. The van der Waals surface area contributed by atoms with Crippen molar-refractivity contribution in [2.24, 2.45) is 0 Å². The predicted molar refractivity (Wildman–Crippen MR) is 97.3 cm³/mol. The Hall–Kier alpha value is -2.84. The van der Waals surface area contributed by atoms with Gasteiger partial charge in [-0.2, -0.15) is 5.26 Å². The van der Waals surface area contributed by atoms with Crippen molar-refractivity contribution in [3.63, 3.8) is 0 Å². The number of rotatable bonds is 2. The van der Waals surface area contributed by atoms with Gasteiger partial charge in [-0.15, -0.1) is 0 Å². The molecule has 0 bridgehead atoms. The molecule has 0 saturated heterocycles. The Labute approximate surface area is 147 Å². The highest BCUT2D eigenvalue weighted by molar-refractivity contribution is 9.10. The zero-order valence-corrected chi connectivity index (χ0v) is 14.2. The molecule has 1 aliphatic rings. The van der Waals surface area contributed by atoms with Gasteiger partial charge in [-0.3, -0.25) is 0 Å². The Morgan fingerprint density at radius 3 is 3.00 bits per heavy atom. The molecule has 1 aromatic heterocycles. The monoisotopic (exact) mass is 377 g/mol. The van der Waals surface area contributed by atoms with E-state index in [0.29, 0.717) is 18.0 Å². The van der Waals surface area contributed by atoms with Gasteiger partial charge in [-0.05, 0) is 48.1 Å². The van der Waals surface area contributed by atoms with Crippen LogP contribution < -0.4 is 4.74 Å². The zero-order chi connectivity index (χ0) is 16.5. The molecule has 2 heterocycles. The van der Waals surface area contributed by atoms with E-state index in [1.807, 2.05) is 54.6 Å². The number of hydrogen-bond acceptors (Lipinski definition) is 3. The number of aromatic nitrogens is 2. The second kappa shape index (κ2) is 5.99. The van der Waals surface area contributed by atoms with Crippen molar-refractivity contribution < 1.29 is 4.74 Å². The quantitative estimate of drug-likeness (QED) is 0.657. The summed E-state index contributed by atoms with van der Waals surface area (Å²) in [6.45, 7) is 0.431. The first-order chi connectivity index (χ1) is 11.7. The number of H-pyrrole nitrogens is 1. The van der Waals surface area contributed by atoms with E-state index < -0.39 is 0 Å². The van der Waals surface area contributed by atoms with Crippen LogP contribution in [-0.2, 0) is 0 Å². The fourth-order valence-corrected chi connectivity index (χ4v) is 3.05. The first-order valence-corrected chi connectivity index (χ1v) is 8.22. The highest BCUT2D eigenvalue weighted by Gasteiger charge is 2.13. The van der Waals surface area contributed by atoms with Gasteiger partial charge in [0.25, 0.3) is 0 Å². The van der Waals surface area contributed by atoms with Gasteiger partial charge in [-0.1, -0.05) is 28.1 Å². The van der Waals surface area contributed by atoms with Crippen molar-refractivity contribution in [3.8, 4) is 11.8 Å². The lowest BCUT2D eigenvalue weighted by Gasteiger charge is -2.16. The number of aromatic amines is 1. The second-order valence-electron chi connectivity index (χ2n) is 5.46. The molecule has 0 amide bonds. The molecule has 1 aliphatic heterocycles. The molecule has 0 aliphatic carbocycles. The molecule has 0 saturated carbocycles. The van der Waals surface area contributed by atoms with E-state index >= 15 is 0 Å². The number of halogens is 1. The van der Waals surface area contributed by atoms with E-state index in [9.17, 15) is 5.26 Å². The summed E-state index contributed by atoms with van der Waals surface area (Å²) >= 11 is 3.46. The van der Waals surface area contributed by atoms with Crippen LogP contribution in [0.25, 0.3) is 22.7 Å². The number of fused-ring (bicyclic) bond motifs is 2. The number of ether oxygens (including phenoxy) is 1. The van der Waals surface area contributed by atoms with Crippen molar-refractivity contribution in [2.75, 3.05) is 6.61 Å². The molecule has 0 spiro atoms. The SMILES string of the molecule is N#C/C(=C/C1=Cc2cc(Br)ccc2OC1)c1nc2ccccc2[nH]1. The maximum Gasteiger partial charge on any atom is 0.149 e. The lowest BCUT2D eigenvalue weighted by Crippen LogP contribution is -2.06. The fourth-order valence-electron chi connectivity index (χ4n) is 2.67. The summed E-state index contributed by atoms with van der Waals surface area (Å²) in [7, 11) is 0. The van der Waals surface area contributed by atoms with Gasteiger partial charge in [0, 0.05) is 10.0 Å². The summed E-state index contributed by atoms with van der Waals surface area (Å²) in [5, 5.41) is 9.52. The summed E-state index contributed by atoms with van der Waals surface area (Å²) in [5.74, 6) is 1.41. The third-order valence-electron chi connectivity index (χ3n) is 3.80. The average Bonchev–Trinajstić information content (AvgIpc) is 3.03. The highest BCUT2D eigenvalue weighted by atomic mass is 79.9. The third kappa shape index (κ3) is 2.72. The minimum Gasteiger partial charge on any atom is -0.488 e. The Morgan fingerprint density at radius 2 is 2.17 bits per heavy atom. The number of nitriles is 1. The molecule has 4 nitrogen and oxygen atoms in total. The van der Waals surface area contributed by atoms with E-state index in [-0.39, 0.29) is 0 Å². The minimum absolute atomic E-state index is 0.431. The van der Waals surface area contributed by atoms with Crippen LogP contribution in [0, 0.1) is 11.3 Å². The van der Waals surface area contributed by atoms with Gasteiger partial charge >= 0.3 is 0 Å². The van der Waals surface area contributed by atoms with Crippen LogP contribution in [0.2, 0.25) is 0 Å². The normalized spacial score (nSPS) is 13.8. The van der Waals surface area contributed by atoms with Crippen LogP contribution >= 0.6 is 15.9 Å². The number of nitrogens with zero attached hydrogens (tertiary/aromatic N) is 2. The topological polar surface area (TPSA) is 61.7 Å². The summed E-state index contributed by atoms with van der Waals surface area (Å²) in [6.07, 6.45) is 3.85. The van der Waals surface area contributed by atoms with Crippen molar-refractivity contribution in [1.29, 1.82) is 5.26 Å². The smallest absolute Gasteiger partial charge is 0.149 e. The van der Waals surface area contributed by atoms with Crippen molar-refractivity contribution in [2.45, 2.75) is 0 Å². The molecule has 5 heteroatoms. The maximum absolute atomic E-state index is 9.52. The number of nitrogens with one attached hydrogen (secondary N) is 1. The van der Waals surface area contributed by atoms with Crippen molar-refractivity contribution in [3.05, 3.63) is 70.0 Å². The van der Waals surface area contributed by atoms with Crippen LogP contribution in [-0.4, -0.2) is 16.6 Å². The van der Waals surface area contributed by atoms with Crippen LogP contribution in [0.4, 0.5) is 0 Å². The zero-order valence-electron chi connectivity index (χ0n) is 12.6. The van der Waals surface area contributed by atoms with E-state index in [1.54, 1.807) is 0 Å². The first kappa shape index (κ1) is 14.7. The Morgan fingerprint density at radius 1 is 1.29 bits per heavy atom. The van der Waals surface area contributed by atoms with Crippen molar-refractivity contribution in [1.82, 2.24) is 9.97 Å². The third-order valence-corrected chi connectivity index (χ3v) is 4.30. The molecule has 116 valence electrons. The molecule has 0 unspecified atom stereocenters. The fraction of sp³-hybridized carbons (Fsp3) is 0.0526.